The minimum Gasteiger partial charge on any atom is -0.506 e. The van der Waals surface area contributed by atoms with Crippen molar-refractivity contribution in [2.45, 2.75) is 0 Å². The number of aromatic nitrogens is 6. The molecule has 0 saturated heterocycles. The molecule has 0 aliphatic carbocycles. The van der Waals surface area contributed by atoms with E-state index in [1.54, 1.807) is 55.0 Å². The minimum atomic E-state index is 0. The van der Waals surface area contributed by atoms with Crippen LogP contribution in [0.15, 0.2) is 274 Å². The monoisotopic (exact) mass is 1120 g/mol. The quantitative estimate of drug-likeness (QED) is 0.148. The second kappa shape index (κ2) is 29.5. The first kappa shape index (κ1) is 53.5. The molecule has 342 valence electrons. The van der Waals surface area contributed by atoms with Crippen molar-refractivity contribution in [3.8, 4) is 51.0 Å². The number of hydrogen-bond donors (Lipinski definition) is 3. The number of hydrogen-bond acceptors (Lipinski definition) is 9. The van der Waals surface area contributed by atoms with Crippen molar-refractivity contribution in [2.24, 2.45) is 0 Å². The van der Waals surface area contributed by atoms with Crippen LogP contribution in [0.2, 0.25) is 0 Å². The zero-order valence-electron chi connectivity index (χ0n) is 38.4. The first-order chi connectivity index (χ1) is 34.0. The average molecular weight is 1120 g/mol. The summed E-state index contributed by atoms with van der Waals surface area (Å²) >= 11 is 0. The SMILES string of the molecule is Oc1cccc2cccnc12.Oc1cccc2cccnc12.Oc1cccc2cccnc12.[Al+3].[Ir+3].c1ccc(-c2ccccn2)cc1.c1ccc(-c2ccccn2)cc1.c1ccc(-c2ccccn2)cc1. The predicted octanol–water partition coefficient (Wildman–Crippen LogP) is 13.7. The van der Waals surface area contributed by atoms with E-state index in [1.165, 1.54) is 0 Å². The molecule has 0 aliphatic heterocycles. The van der Waals surface area contributed by atoms with E-state index in [9.17, 15) is 15.3 Å². The topological polar surface area (TPSA) is 138 Å². The van der Waals surface area contributed by atoms with Gasteiger partial charge in [-0.1, -0.05) is 164 Å². The van der Waals surface area contributed by atoms with Crippen LogP contribution >= 0.6 is 0 Å². The van der Waals surface area contributed by atoms with Crippen LogP contribution in [0.3, 0.4) is 0 Å². The Morgan fingerprint density at radius 1 is 0.225 bits per heavy atom. The first-order valence-corrected chi connectivity index (χ1v) is 22.0. The third-order valence-electron chi connectivity index (χ3n) is 10.0. The Hall–Kier alpha value is -8.42. The smallest absolute Gasteiger partial charge is 0.506 e. The van der Waals surface area contributed by atoms with Gasteiger partial charge >= 0.3 is 37.5 Å². The summed E-state index contributed by atoms with van der Waals surface area (Å²) in [6, 6.07) is 75.6. The number of phenols is 3. The molecule has 6 heterocycles. The molecule has 0 amide bonds. The fourth-order valence-electron chi connectivity index (χ4n) is 6.69. The van der Waals surface area contributed by atoms with Crippen molar-refractivity contribution < 1.29 is 35.4 Å². The molecule has 12 rings (SSSR count). The Morgan fingerprint density at radius 3 is 0.704 bits per heavy atom. The second-order valence-corrected chi connectivity index (χ2v) is 14.8. The van der Waals surface area contributed by atoms with Crippen molar-refractivity contribution in [3.05, 3.63) is 274 Å². The molecular weight excluding hydrogens is 1070 g/mol. The number of fused-ring (bicyclic) bond motifs is 3. The Balaban J connectivity index is 0.000000158. The molecular formula is C60H48AlIrN6O3+6. The van der Waals surface area contributed by atoms with Gasteiger partial charge in [-0.2, -0.15) is 0 Å². The van der Waals surface area contributed by atoms with E-state index in [0.29, 0.717) is 16.6 Å². The Labute approximate surface area is 437 Å². The predicted molar refractivity (Wildman–Crippen MR) is 285 cm³/mol. The Bertz CT molecular complexity index is 2880. The third-order valence-corrected chi connectivity index (χ3v) is 10.0. The summed E-state index contributed by atoms with van der Waals surface area (Å²) in [6.07, 6.45) is 10.4. The summed E-state index contributed by atoms with van der Waals surface area (Å²) in [7, 11) is 0. The number of para-hydroxylation sites is 3. The maximum absolute atomic E-state index is 9.31. The number of phenolic OH excluding ortho intramolecular Hbond substituents is 3. The molecule has 71 heavy (non-hydrogen) atoms. The molecule has 0 aliphatic rings. The fourth-order valence-corrected chi connectivity index (χ4v) is 6.69. The molecule has 6 aromatic carbocycles. The zero-order chi connectivity index (χ0) is 47.7. The van der Waals surface area contributed by atoms with Crippen LogP contribution in [0.1, 0.15) is 0 Å². The molecule has 9 nitrogen and oxygen atoms in total. The van der Waals surface area contributed by atoms with Crippen LogP contribution in [-0.4, -0.2) is 62.6 Å². The van der Waals surface area contributed by atoms with Gasteiger partial charge in [-0.05, 0) is 72.8 Å². The third kappa shape index (κ3) is 16.7. The van der Waals surface area contributed by atoms with Gasteiger partial charge in [-0.15, -0.1) is 0 Å². The average Bonchev–Trinajstić information content (AvgIpc) is 3.44. The molecule has 0 atom stereocenters. The van der Waals surface area contributed by atoms with E-state index in [1.807, 2.05) is 182 Å². The number of nitrogens with zero attached hydrogens (tertiary/aromatic N) is 6. The van der Waals surface area contributed by atoms with E-state index >= 15 is 0 Å². The molecule has 0 fully saturated rings. The number of pyridine rings is 6. The van der Waals surface area contributed by atoms with E-state index < -0.39 is 0 Å². The largest absolute Gasteiger partial charge is 3.00 e. The summed E-state index contributed by atoms with van der Waals surface area (Å²) in [5, 5.41) is 30.8. The molecule has 12 aromatic rings. The Morgan fingerprint density at radius 2 is 0.465 bits per heavy atom. The molecule has 0 bridgehead atoms. The molecule has 0 unspecified atom stereocenters. The fraction of sp³-hybridized carbons (Fsp3) is 0. The molecule has 6 aromatic heterocycles. The van der Waals surface area contributed by atoms with Crippen LogP contribution in [0.5, 0.6) is 17.2 Å². The van der Waals surface area contributed by atoms with Gasteiger partial charge in [0.25, 0.3) is 0 Å². The summed E-state index contributed by atoms with van der Waals surface area (Å²) in [5.41, 5.74) is 8.56. The van der Waals surface area contributed by atoms with Gasteiger partial charge in [-0.3, -0.25) is 29.9 Å². The molecule has 3 N–H and O–H groups in total. The van der Waals surface area contributed by atoms with Crippen LogP contribution in [0.25, 0.3) is 66.5 Å². The van der Waals surface area contributed by atoms with Crippen molar-refractivity contribution >= 4 is 50.1 Å². The number of benzene rings is 6. The minimum absolute atomic E-state index is 0. The molecule has 0 spiro atoms. The molecule has 11 heteroatoms. The van der Waals surface area contributed by atoms with E-state index in [0.717, 1.165) is 49.9 Å². The van der Waals surface area contributed by atoms with Crippen LogP contribution < -0.4 is 0 Å². The van der Waals surface area contributed by atoms with Gasteiger partial charge < -0.3 is 15.3 Å². The maximum Gasteiger partial charge on any atom is 3.00 e. The second-order valence-electron chi connectivity index (χ2n) is 14.8. The summed E-state index contributed by atoms with van der Waals surface area (Å²) in [5.74, 6) is 0.717. The van der Waals surface area contributed by atoms with Gasteiger partial charge in [0.15, 0.2) is 0 Å². The number of rotatable bonds is 3. The van der Waals surface area contributed by atoms with Crippen LogP contribution in [-0.2, 0) is 20.1 Å². The standard InChI is InChI=1S/3C11H9N.3C9H7NO.Al.Ir/c3*1-2-6-10(7-3-1)11-8-4-5-9-12-11;3*11-8-5-1-3-7-4-2-6-10-9(7)8;;/h3*1-9H;3*1-6,11H;;/q;;;;;;2*+3. The summed E-state index contributed by atoms with van der Waals surface area (Å²) < 4.78 is 0. The van der Waals surface area contributed by atoms with Crippen LogP contribution in [0, 0.1) is 0 Å². The van der Waals surface area contributed by atoms with Gasteiger partial charge in [0, 0.05) is 70.0 Å². The van der Waals surface area contributed by atoms with Crippen molar-refractivity contribution in [1.82, 2.24) is 29.9 Å². The van der Waals surface area contributed by atoms with E-state index in [2.05, 4.69) is 66.3 Å². The zero-order valence-corrected chi connectivity index (χ0v) is 42.0. The first-order valence-electron chi connectivity index (χ1n) is 22.0. The van der Waals surface area contributed by atoms with Crippen LogP contribution in [0.4, 0.5) is 0 Å². The number of aromatic hydroxyl groups is 3. The van der Waals surface area contributed by atoms with Gasteiger partial charge in [0.2, 0.25) is 0 Å². The molecule has 0 radical (unpaired) electrons. The van der Waals surface area contributed by atoms with Crippen molar-refractivity contribution in [2.75, 3.05) is 0 Å². The van der Waals surface area contributed by atoms with Gasteiger partial charge in [0.1, 0.15) is 33.8 Å². The Kier molecular flexibility index (Phi) is 22.2. The van der Waals surface area contributed by atoms with Gasteiger partial charge in [0.05, 0.1) is 17.1 Å². The van der Waals surface area contributed by atoms with Crippen molar-refractivity contribution in [3.63, 3.8) is 0 Å². The summed E-state index contributed by atoms with van der Waals surface area (Å²) in [4.78, 5) is 24.8. The molecule has 0 saturated carbocycles. The van der Waals surface area contributed by atoms with Crippen molar-refractivity contribution in [1.29, 1.82) is 0 Å². The maximum atomic E-state index is 9.31. The van der Waals surface area contributed by atoms with E-state index in [4.69, 9.17) is 0 Å². The summed E-state index contributed by atoms with van der Waals surface area (Å²) in [6.45, 7) is 0. The normalized spacial score (nSPS) is 9.63. The van der Waals surface area contributed by atoms with E-state index in [-0.39, 0.29) is 54.7 Å². The van der Waals surface area contributed by atoms with Gasteiger partial charge in [-0.25, -0.2) is 0 Å².